The highest BCUT2D eigenvalue weighted by Crippen LogP contribution is 2.57. The summed E-state index contributed by atoms with van der Waals surface area (Å²) in [5.74, 6) is 1.30. The number of aryl methyl sites for hydroxylation is 1. The van der Waals surface area contributed by atoms with E-state index in [2.05, 4.69) is 10.3 Å². The number of carbonyl (C=O) groups excluding carboxylic acids is 1. The fourth-order valence-corrected chi connectivity index (χ4v) is 5.39. The van der Waals surface area contributed by atoms with Crippen LogP contribution >= 0.6 is 10.7 Å². The zero-order chi connectivity index (χ0) is 20.4. The second-order valence-electron chi connectivity index (χ2n) is 8.17. The number of hydrogen-bond donors (Lipinski definition) is 1. The summed E-state index contributed by atoms with van der Waals surface area (Å²) in [6.07, 6.45) is 7.82. The van der Waals surface area contributed by atoms with Gasteiger partial charge < -0.3 is 5.32 Å². The highest BCUT2D eigenvalue weighted by atomic mass is 35.7. The van der Waals surface area contributed by atoms with Crippen LogP contribution in [0.4, 0.5) is 17.5 Å². The first-order valence-corrected chi connectivity index (χ1v) is 12.1. The number of nitrogens with zero attached hydrogens (tertiary/aromatic N) is 3. The minimum Gasteiger partial charge on any atom is -0.324 e. The molecule has 0 radical (unpaired) electrons. The summed E-state index contributed by atoms with van der Waals surface area (Å²) in [7, 11) is 1.64. The molecule has 0 bridgehead atoms. The summed E-state index contributed by atoms with van der Waals surface area (Å²) >= 11 is 0. The maximum Gasteiger partial charge on any atom is 0.261 e. The Morgan fingerprint density at radius 3 is 2.59 bits per heavy atom. The molecule has 1 aromatic carbocycles. The molecule has 0 atom stereocenters. The third kappa shape index (κ3) is 3.00. The van der Waals surface area contributed by atoms with Gasteiger partial charge in [-0.2, -0.15) is 4.98 Å². The molecular formula is C20H21ClN4O3S. The molecule has 2 saturated carbocycles. The molecule has 5 rings (SSSR count). The second kappa shape index (κ2) is 6.40. The summed E-state index contributed by atoms with van der Waals surface area (Å²) in [5, 5.41) is 3.16. The number of anilines is 3. The van der Waals surface area contributed by atoms with Crippen molar-refractivity contribution in [3.8, 4) is 0 Å². The van der Waals surface area contributed by atoms with Crippen molar-refractivity contribution in [2.45, 2.75) is 61.8 Å². The minimum absolute atomic E-state index is 0.0470. The van der Waals surface area contributed by atoms with E-state index in [0.717, 1.165) is 49.9 Å². The van der Waals surface area contributed by atoms with Gasteiger partial charge in [-0.25, -0.2) is 13.4 Å². The molecule has 29 heavy (non-hydrogen) atoms. The number of aromatic nitrogens is 2. The number of nitrogens with one attached hydrogen (secondary N) is 1. The maximum atomic E-state index is 13.2. The van der Waals surface area contributed by atoms with Crippen LogP contribution < -0.4 is 10.2 Å². The van der Waals surface area contributed by atoms with Crippen LogP contribution in [0.5, 0.6) is 0 Å². The van der Waals surface area contributed by atoms with Gasteiger partial charge in [0.2, 0.25) is 11.9 Å². The van der Waals surface area contributed by atoms with Crippen LogP contribution in [0.2, 0.25) is 0 Å². The van der Waals surface area contributed by atoms with Gasteiger partial charge in [-0.15, -0.1) is 0 Å². The molecule has 2 aliphatic carbocycles. The lowest BCUT2D eigenvalue weighted by Crippen LogP contribution is -2.39. The summed E-state index contributed by atoms with van der Waals surface area (Å²) < 4.78 is 23.1. The van der Waals surface area contributed by atoms with Crippen LogP contribution in [0.15, 0.2) is 29.3 Å². The van der Waals surface area contributed by atoms with Crippen LogP contribution in [-0.4, -0.2) is 30.3 Å². The molecule has 7 nitrogen and oxygen atoms in total. The van der Waals surface area contributed by atoms with Gasteiger partial charge in [-0.05, 0) is 56.4 Å². The Morgan fingerprint density at radius 1 is 1.24 bits per heavy atom. The largest absolute Gasteiger partial charge is 0.324 e. The molecule has 2 fully saturated rings. The van der Waals surface area contributed by atoms with E-state index in [-0.39, 0.29) is 16.8 Å². The molecule has 2 heterocycles. The Bertz CT molecular complexity index is 1120. The van der Waals surface area contributed by atoms with Crippen LogP contribution in [0.1, 0.15) is 49.7 Å². The predicted octanol–water partition coefficient (Wildman–Crippen LogP) is 3.78. The molecule has 2 aromatic rings. The first-order valence-electron chi connectivity index (χ1n) is 9.83. The summed E-state index contributed by atoms with van der Waals surface area (Å²) in [4.78, 5) is 24.3. The number of carbonyl (C=O) groups is 1. The van der Waals surface area contributed by atoms with Crippen molar-refractivity contribution in [2.24, 2.45) is 0 Å². The van der Waals surface area contributed by atoms with Gasteiger partial charge in [0.15, 0.2) is 0 Å². The predicted molar refractivity (Wildman–Crippen MR) is 110 cm³/mol. The lowest BCUT2D eigenvalue weighted by atomic mass is 10.0. The van der Waals surface area contributed by atoms with Crippen LogP contribution in [0.3, 0.4) is 0 Å². The van der Waals surface area contributed by atoms with Gasteiger partial charge in [0.05, 0.1) is 10.3 Å². The standard InChI is InChI=1S/C20H21ClN4O3S/c1-12-10-14(29(21,27)28)6-7-16(12)23-19-22-11-15-17(24-19)25(13-4-2-3-5-13)18(26)20(15)8-9-20/h6-7,10-11,13H,2-5,8-9H2,1H3,(H,22,23,24). The highest BCUT2D eigenvalue weighted by molar-refractivity contribution is 8.13. The zero-order valence-corrected chi connectivity index (χ0v) is 17.6. The van der Waals surface area contributed by atoms with E-state index in [4.69, 9.17) is 15.7 Å². The average Bonchev–Trinajstić information content (AvgIpc) is 3.23. The Kier molecular flexibility index (Phi) is 4.15. The topological polar surface area (TPSA) is 92.3 Å². The summed E-state index contributed by atoms with van der Waals surface area (Å²) in [6, 6.07) is 4.81. The van der Waals surface area contributed by atoms with E-state index in [0.29, 0.717) is 17.2 Å². The Morgan fingerprint density at radius 2 is 1.97 bits per heavy atom. The summed E-state index contributed by atoms with van der Waals surface area (Å²) in [5.41, 5.74) is 1.94. The number of rotatable bonds is 4. The number of halogens is 1. The molecule has 9 heteroatoms. The number of hydrogen-bond acceptors (Lipinski definition) is 6. The monoisotopic (exact) mass is 432 g/mol. The average molecular weight is 433 g/mol. The molecule has 152 valence electrons. The van der Waals surface area contributed by atoms with Gasteiger partial charge in [0.1, 0.15) is 5.82 Å². The van der Waals surface area contributed by atoms with E-state index >= 15 is 0 Å². The van der Waals surface area contributed by atoms with E-state index in [1.807, 2.05) is 4.90 Å². The molecule has 1 aromatic heterocycles. The first-order chi connectivity index (χ1) is 13.8. The molecule has 0 saturated heterocycles. The normalized spacial score (nSPS) is 20.3. The fraction of sp³-hybridized carbons (Fsp3) is 0.450. The molecule has 1 N–H and O–H groups in total. The van der Waals surface area contributed by atoms with Gasteiger partial charge in [0.25, 0.3) is 9.05 Å². The molecule has 3 aliphatic rings. The van der Waals surface area contributed by atoms with Crippen molar-refractivity contribution in [2.75, 3.05) is 10.2 Å². The smallest absolute Gasteiger partial charge is 0.261 e. The minimum atomic E-state index is -3.78. The Labute approximate surface area is 173 Å². The highest BCUT2D eigenvalue weighted by Gasteiger charge is 2.61. The van der Waals surface area contributed by atoms with Gasteiger partial charge >= 0.3 is 0 Å². The van der Waals surface area contributed by atoms with Crippen molar-refractivity contribution >= 4 is 43.1 Å². The Balaban J connectivity index is 1.49. The van der Waals surface area contributed by atoms with E-state index in [1.165, 1.54) is 12.1 Å². The van der Waals surface area contributed by atoms with Gasteiger partial charge in [-0.1, -0.05) is 12.8 Å². The second-order valence-corrected chi connectivity index (χ2v) is 10.7. The summed E-state index contributed by atoms with van der Waals surface area (Å²) in [6.45, 7) is 1.79. The van der Waals surface area contributed by atoms with Crippen molar-refractivity contribution in [1.82, 2.24) is 9.97 Å². The molecule has 1 spiro atoms. The van der Waals surface area contributed by atoms with Crippen molar-refractivity contribution in [3.05, 3.63) is 35.5 Å². The number of amides is 1. The number of benzene rings is 1. The Hall–Kier alpha value is -2.19. The van der Waals surface area contributed by atoms with Crippen LogP contribution in [0, 0.1) is 6.92 Å². The van der Waals surface area contributed by atoms with Gasteiger partial charge in [0, 0.05) is 34.2 Å². The molecular weight excluding hydrogens is 412 g/mol. The van der Waals surface area contributed by atoms with Crippen molar-refractivity contribution in [1.29, 1.82) is 0 Å². The molecule has 1 aliphatic heterocycles. The van der Waals surface area contributed by atoms with Crippen molar-refractivity contribution < 1.29 is 13.2 Å². The van der Waals surface area contributed by atoms with Crippen molar-refractivity contribution in [3.63, 3.8) is 0 Å². The van der Waals surface area contributed by atoms with E-state index in [9.17, 15) is 13.2 Å². The van der Waals surface area contributed by atoms with Gasteiger partial charge in [-0.3, -0.25) is 9.69 Å². The zero-order valence-electron chi connectivity index (χ0n) is 16.0. The third-order valence-electron chi connectivity index (χ3n) is 6.31. The third-order valence-corrected chi connectivity index (χ3v) is 7.66. The fourth-order valence-electron chi connectivity index (χ4n) is 4.55. The lowest BCUT2D eigenvalue weighted by Gasteiger charge is -2.24. The molecule has 0 unspecified atom stereocenters. The van der Waals surface area contributed by atoms with E-state index < -0.39 is 14.5 Å². The van der Waals surface area contributed by atoms with Crippen LogP contribution in [-0.2, 0) is 19.3 Å². The quantitative estimate of drug-likeness (QED) is 0.739. The van der Waals surface area contributed by atoms with Crippen LogP contribution in [0.25, 0.3) is 0 Å². The van der Waals surface area contributed by atoms with E-state index in [1.54, 1.807) is 19.2 Å². The molecule has 1 amide bonds. The SMILES string of the molecule is Cc1cc(S(=O)(=O)Cl)ccc1Nc1ncc2c(n1)N(C1CCCC1)C(=O)C21CC1. The lowest BCUT2D eigenvalue weighted by molar-refractivity contribution is -0.120. The maximum absolute atomic E-state index is 13.2. The number of fused-ring (bicyclic) bond motifs is 2. The first kappa shape index (κ1) is 18.8.